The molecule has 6 amide bonds. The summed E-state index contributed by atoms with van der Waals surface area (Å²) in [5.74, 6) is -3.78. The van der Waals surface area contributed by atoms with E-state index in [1.165, 1.54) is 0 Å². The predicted molar refractivity (Wildman–Crippen MR) is 432 cm³/mol. The highest BCUT2D eigenvalue weighted by atomic mass is 16.6. The molecule has 0 fully saturated rings. The maximum absolute atomic E-state index is 13.6. The molecular weight excluding hydrogens is 1560 g/mol. The highest BCUT2D eigenvalue weighted by Crippen LogP contribution is 2.19. The van der Waals surface area contributed by atoms with E-state index in [9.17, 15) is 53.1 Å². The molecule has 0 spiro atoms. The average molecular weight is 1690 g/mol. The summed E-state index contributed by atoms with van der Waals surface area (Å²) in [7, 11) is 0. The number of esters is 3. The molecule has 3 aromatic rings. The van der Waals surface area contributed by atoms with Gasteiger partial charge >= 0.3 is 30.0 Å². The Morgan fingerprint density at radius 1 is 0.286 bits per heavy atom. The van der Waals surface area contributed by atoms with Gasteiger partial charge in [-0.25, -0.2) is 24.0 Å². The molecule has 0 aromatic heterocycles. The molecule has 36 nitrogen and oxygen atoms in total. The van der Waals surface area contributed by atoms with Crippen molar-refractivity contribution in [2.75, 3.05) is 198 Å². The van der Waals surface area contributed by atoms with Gasteiger partial charge in [-0.05, 0) is 136 Å². The van der Waals surface area contributed by atoms with E-state index in [0.717, 1.165) is 0 Å². The van der Waals surface area contributed by atoms with Crippen LogP contribution in [0, 0.1) is 0 Å². The number of carboxylic acid groups (broad SMARTS) is 1. The zero-order valence-corrected chi connectivity index (χ0v) is 71.4. The van der Waals surface area contributed by atoms with E-state index in [-0.39, 0.29) is 197 Å². The maximum atomic E-state index is 13.6. The van der Waals surface area contributed by atoms with Gasteiger partial charge < -0.3 is 127 Å². The van der Waals surface area contributed by atoms with Crippen molar-refractivity contribution in [2.45, 2.75) is 162 Å². The lowest BCUT2D eigenvalue weighted by molar-refractivity contribution is -0.158. The monoisotopic (exact) mass is 1690 g/mol. The first-order chi connectivity index (χ1) is 56.6. The highest BCUT2D eigenvalue weighted by molar-refractivity contribution is 5.89. The standard InChI is InChI=1S/C83H130N6O30/c1-80(2,3)116-73(93)58-113-64-19-13-61(14-20-64)55-67(76(96)85-29-35-105-41-47-111-53-50-109-45-39-103-33-27-72(92)89-69(78(98)99)57-63-17-23-66(24-18-63)115-60-75(95)118-82(7,8)9)87-70(90)25-31-101-37-43-107-49-52-110-46-40-104-34-28-84-77(97)68(56-62-15-21-65(22-16-62)114-59-74(94)117-81(4,5)6)88-71(91)26-32-102-38-44-108-51-54-112-48-42-106-36-30-86-79(100)119-83(10,11)12/h13-24,67-69H,25-60H2,1-12H3,(H,84,97)(H,85,96)(H,86,100)(H,87,90)(H,88,91)(H,89,92)(H,98,99). The van der Waals surface area contributed by atoms with Crippen molar-refractivity contribution in [3.63, 3.8) is 0 Å². The van der Waals surface area contributed by atoms with Gasteiger partial charge in [-0.1, -0.05) is 36.4 Å². The molecule has 0 bridgehead atoms. The number of hydrogen-bond acceptors (Lipinski definition) is 29. The largest absolute Gasteiger partial charge is 0.482 e. The third-order valence-corrected chi connectivity index (χ3v) is 15.1. The smallest absolute Gasteiger partial charge is 0.407 e. The van der Waals surface area contributed by atoms with Crippen LogP contribution in [0.25, 0.3) is 0 Å². The first-order valence-corrected chi connectivity index (χ1v) is 40.0. The SMILES string of the molecule is CC(C)(C)OC(=O)COc1ccc(CC(NC(=O)CCOCCOCCOCCOCCNC(=O)C(Cc2ccc(OCC(=O)OC(C)(C)C)cc2)NC(=O)CCOCCOCCOCCOCCNC(=O)C(Cc2ccc(OCC(=O)OC(C)(C)C)cc2)NC(=O)CCOCCOCCOCCOCCNC(=O)OC(C)(C)C)C(=O)O)cc1. The molecule has 3 aromatic carbocycles. The summed E-state index contributed by atoms with van der Waals surface area (Å²) >= 11 is 0. The molecule has 7 N–H and O–H groups in total. The highest BCUT2D eigenvalue weighted by Gasteiger charge is 2.26. The van der Waals surface area contributed by atoms with Gasteiger partial charge in [-0.15, -0.1) is 0 Å². The number of aliphatic carboxylic acids is 1. The Labute approximate surface area is 698 Å². The van der Waals surface area contributed by atoms with Crippen LogP contribution < -0.4 is 46.1 Å². The molecule has 36 heteroatoms. The minimum Gasteiger partial charge on any atom is -0.482 e. The van der Waals surface area contributed by atoms with Crippen LogP contribution in [0.4, 0.5) is 4.79 Å². The second kappa shape index (κ2) is 60.5. The fourth-order valence-electron chi connectivity index (χ4n) is 9.89. The van der Waals surface area contributed by atoms with Crippen molar-refractivity contribution in [1.29, 1.82) is 0 Å². The zero-order chi connectivity index (χ0) is 87.6. The number of nitrogens with one attached hydrogen (secondary N) is 6. The Morgan fingerprint density at radius 2 is 0.504 bits per heavy atom. The molecule has 3 rings (SSSR count). The second-order valence-electron chi connectivity index (χ2n) is 30.5. The fraction of sp³-hybridized carbons (Fsp3) is 0.663. The zero-order valence-electron chi connectivity index (χ0n) is 71.4. The molecule has 3 atom stereocenters. The molecule has 672 valence electrons. The number of hydrogen-bond donors (Lipinski definition) is 7. The maximum Gasteiger partial charge on any atom is 0.407 e. The number of carboxylic acids is 1. The van der Waals surface area contributed by atoms with E-state index in [1.54, 1.807) is 156 Å². The van der Waals surface area contributed by atoms with E-state index >= 15 is 0 Å². The van der Waals surface area contributed by atoms with Gasteiger partial charge in [0.15, 0.2) is 19.8 Å². The molecule has 0 saturated carbocycles. The van der Waals surface area contributed by atoms with Gasteiger partial charge in [0, 0.05) is 58.2 Å². The van der Waals surface area contributed by atoms with Crippen molar-refractivity contribution in [3.8, 4) is 17.2 Å². The van der Waals surface area contributed by atoms with Gasteiger partial charge in [-0.2, -0.15) is 0 Å². The van der Waals surface area contributed by atoms with Gasteiger partial charge in [-0.3, -0.25) is 24.0 Å². The third-order valence-electron chi connectivity index (χ3n) is 15.1. The first kappa shape index (κ1) is 104. The van der Waals surface area contributed by atoms with Crippen LogP contribution in [0.5, 0.6) is 17.2 Å². The first-order valence-electron chi connectivity index (χ1n) is 40.0. The van der Waals surface area contributed by atoms with E-state index in [1.807, 2.05) is 0 Å². The summed E-state index contributed by atoms with van der Waals surface area (Å²) in [6.45, 7) is 26.3. The van der Waals surface area contributed by atoms with Crippen LogP contribution in [-0.2, 0) is 138 Å². The summed E-state index contributed by atoms with van der Waals surface area (Å²) < 4.78 is 105. The molecule has 0 saturated heterocycles. The van der Waals surface area contributed by atoms with Gasteiger partial charge in [0.2, 0.25) is 29.5 Å². The Morgan fingerprint density at radius 3 is 0.748 bits per heavy atom. The van der Waals surface area contributed by atoms with Crippen molar-refractivity contribution in [3.05, 3.63) is 89.5 Å². The Balaban J connectivity index is 1.30. The van der Waals surface area contributed by atoms with Gasteiger partial charge in [0.25, 0.3) is 0 Å². The van der Waals surface area contributed by atoms with E-state index in [2.05, 4.69) is 31.9 Å². The topological polar surface area (TPSA) is 438 Å². The van der Waals surface area contributed by atoms with E-state index < -0.39 is 100 Å². The lowest BCUT2D eigenvalue weighted by Gasteiger charge is -2.20. The summed E-state index contributed by atoms with van der Waals surface area (Å²) in [6.07, 6.45) is -0.364. The van der Waals surface area contributed by atoms with Crippen LogP contribution >= 0.6 is 0 Å². The fourth-order valence-corrected chi connectivity index (χ4v) is 9.89. The third kappa shape index (κ3) is 58.6. The summed E-state index contributed by atoms with van der Waals surface area (Å²) in [5, 5.41) is 26.1. The van der Waals surface area contributed by atoms with Crippen molar-refractivity contribution < 1.29 is 143 Å². The van der Waals surface area contributed by atoms with Crippen molar-refractivity contribution in [1.82, 2.24) is 31.9 Å². The molecule has 0 heterocycles. The predicted octanol–water partition coefficient (Wildman–Crippen LogP) is 4.54. The number of amides is 6. The van der Waals surface area contributed by atoms with E-state index in [4.69, 9.17) is 90.0 Å². The molecular formula is C83H130N6O30. The second-order valence-corrected chi connectivity index (χ2v) is 30.5. The normalized spacial score (nSPS) is 12.4. The Kier molecular flexibility index (Phi) is 53.0. The summed E-state index contributed by atoms with van der Waals surface area (Å²) in [6, 6.07) is 16.9. The van der Waals surface area contributed by atoms with Crippen LogP contribution in [0.3, 0.4) is 0 Å². The molecule has 119 heavy (non-hydrogen) atoms. The summed E-state index contributed by atoms with van der Waals surface area (Å²) in [4.78, 5) is 126. The number of ether oxygens (including phenoxy) is 19. The molecule has 0 aliphatic heterocycles. The number of carbonyl (C=O) groups is 10. The molecule has 3 unspecified atom stereocenters. The summed E-state index contributed by atoms with van der Waals surface area (Å²) in [5.41, 5.74) is -0.530. The van der Waals surface area contributed by atoms with Gasteiger partial charge in [0.1, 0.15) is 57.8 Å². The van der Waals surface area contributed by atoms with E-state index in [0.29, 0.717) is 73.5 Å². The quantitative estimate of drug-likeness (QED) is 0.0232. The Bertz CT molecular complexity index is 3360. The molecule has 0 aliphatic rings. The lowest BCUT2D eigenvalue weighted by Crippen LogP contribution is -2.48. The minimum absolute atomic E-state index is 0.0196. The number of rotatable bonds is 66. The van der Waals surface area contributed by atoms with Gasteiger partial charge in [0.05, 0.1) is 159 Å². The number of benzene rings is 3. The van der Waals surface area contributed by atoms with Crippen molar-refractivity contribution >= 4 is 59.5 Å². The van der Waals surface area contributed by atoms with Crippen LogP contribution in [0.1, 0.15) is 119 Å². The number of carbonyl (C=O) groups excluding carboxylic acids is 9. The Hall–Kier alpha value is -8.92. The molecule has 0 radical (unpaired) electrons. The van der Waals surface area contributed by atoms with Crippen LogP contribution in [0.15, 0.2) is 72.8 Å². The van der Waals surface area contributed by atoms with Crippen molar-refractivity contribution in [2.24, 2.45) is 0 Å². The average Bonchev–Trinajstić information content (AvgIpc) is 0.873. The lowest BCUT2D eigenvalue weighted by atomic mass is 10.0. The van der Waals surface area contributed by atoms with Crippen LogP contribution in [-0.4, -0.2) is 303 Å². The van der Waals surface area contributed by atoms with Crippen LogP contribution in [0.2, 0.25) is 0 Å². The minimum atomic E-state index is -1.20. The molecule has 0 aliphatic carbocycles. The number of alkyl carbamates (subject to hydrolysis) is 1.